The van der Waals surface area contributed by atoms with Gasteiger partial charge in [-0.2, -0.15) is 0 Å². The van der Waals surface area contributed by atoms with Gasteiger partial charge in [-0.3, -0.25) is 0 Å². The van der Waals surface area contributed by atoms with E-state index in [4.69, 9.17) is 0 Å². The van der Waals surface area contributed by atoms with Crippen molar-refractivity contribution < 1.29 is 0 Å². The second-order valence-electron chi connectivity index (χ2n) is 11.5. The normalized spacial score (nSPS) is 11.6. The fraction of sp³-hybridized carbons (Fsp3) is 0.0233. The molecule has 0 atom stereocenters. The van der Waals surface area contributed by atoms with Crippen LogP contribution in [0.3, 0.4) is 0 Å². The Bertz CT molecular complexity index is 2120. The molecule has 214 valence electrons. The number of anilines is 3. The quantitative estimate of drug-likeness (QED) is 0.175. The first kappa shape index (κ1) is 27.4. The Morgan fingerprint density at radius 1 is 0.378 bits per heavy atom. The van der Waals surface area contributed by atoms with Crippen LogP contribution in [0.1, 0.15) is 11.1 Å². The van der Waals surface area contributed by atoms with Crippen LogP contribution in [-0.2, 0) is 6.42 Å². The number of hydrogen-bond acceptors (Lipinski definition) is 1. The zero-order valence-electron chi connectivity index (χ0n) is 24.7. The predicted molar refractivity (Wildman–Crippen MR) is 193 cm³/mol. The Labute approximate surface area is 273 Å². The summed E-state index contributed by atoms with van der Waals surface area (Å²) in [6, 6.07) is 61.3. The smallest absolute Gasteiger partial charge is 0.0540 e. The molecular formula is C43H30BrN. The SMILES string of the molecule is Brc1ccc2c(c1)Cc1ccc(-c3ccc(N(c4ccc(-c5ccccc5)cc4)c4ccccc4-c4ccccc4)cc3)cc1-2. The summed E-state index contributed by atoms with van der Waals surface area (Å²) in [6.45, 7) is 0. The van der Waals surface area contributed by atoms with Crippen LogP contribution in [0.25, 0.3) is 44.5 Å². The molecule has 0 N–H and O–H groups in total. The molecule has 1 aliphatic rings. The van der Waals surface area contributed by atoms with E-state index in [2.05, 4.69) is 191 Å². The molecular weight excluding hydrogens is 610 g/mol. The second-order valence-corrected chi connectivity index (χ2v) is 12.4. The van der Waals surface area contributed by atoms with Crippen molar-refractivity contribution in [1.82, 2.24) is 0 Å². The minimum atomic E-state index is 0.988. The molecule has 1 aliphatic carbocycles. The molecule has 45 heavy (non-hydrogen) atoms. The molecule has 0 bridgehead atoms. The van der Waals surface area contributed by atoms with E-state index in [9.17, 15) is 0 Å². The monoisotopic (exact) mass is 639 g/mol. The molecule has 0 saturated heterocycles. The van der Waals surface area contributed by atoms with Gasteiger partial charge in [-0.15, -0.1) is 0 Å². The maximum Gasteiger partial charge on any atom is 0.0540 e. The van der Waals surface area contributed by atoms with Crippen LogP contribution in [0, 0.1) is 0 Å². The highest BCUT2D eigenvalue weighted by molar-refractivity contribution is 9.10. The van der Waals surface area contributed by atoms with E-state index < -0.39 is 0 Å². The van der Waals surface area contributed by atoms with Crippen LogP contribution in [0.15, 0.2) is 174 Å². The number of fused-ring (bicyclic) bond motifs is 3. The van der Waals surface area contributed by atoms with Gasteiger partial charge in [0.2, 0.25) is 0 Å². The fourth-order valence-electron chi connectivity index (χ4n) is 6.53. The molecule has 0 amide bonds. The topological polar surface area (TPSA) is 3.24 Å². The van der Waals surface area contributed by atoms with Crippen LogP contribution in [0.5, 0.6) is 0 Å². The van der Waals surface area contributed by atoms with Crippen molar-refractivity contribution in [1.29, 1.82) is 0 Å². The molecule has 7 aromatic carbocycles. The van der Waals surface area contributed by atoms with Gasteiger partial charge in [0.05, 0.1) is 5.69 Å². The van der Waals surface area contributed by atoms with Crippen LogP contribution in [0.4, 0.5) is 17.1 Å². The van der Waals surface area contributed by atoms with Crippen LogP contribution >= 0.6 is 15.9 Å². The lowest BCUT2D eigenvalue weighted by molar-refractivity contribution is 1.26. The van der Waals surface area contributed by atoms with Gasteiger partial charge in [-0.05, 0) is 105 Å². The number of benzene rings is 7. The lowest BCUT2D eigenvalue weighted by Gasteiger charge is -2.28. The lowest BCUT2D eigenvalue weighted by atomic mass is 9.98. The van der Waals surface area contributed by atoms with E-state index in [1.165, 1.54) is 55.6 Å². The third-order valence-corrected chi connectivity index (χ3v) is 9.26. The Morgan fingerprint density at radius 2 is 0.933 bits per heavy atom. The molecule has 0 aliphatic heterocycles. The lowest BCUT2D eigenvalue weighted by Crippen LogP contribution is -2.11. The average molecular weight is 641 g/mol. The molecule has 0 heterocycles. The molecule has 0 aromatic heterocycles. The molecule has 7 aromatic rings. The van der Waals surface area contributed by atoms with Crippen molar-refractivity contribution in [2.75, 3.05) is 4.90 Å². The van der Waals surface area contributed by atoms with E-state index >= 15 is 0 Å². The summed E-state index contributed by atoms with van der Waals surface area (Å²) in [5.74, 6) is 0. The summed E-state index contributed by atoms with van der Waals surface area (Å²) in [5.41, 5.74) is 16.1. The molecule has 8 rings (SSSR count). The minimum Gasteiger partial charge on any atom is -0.310 e. The van der Waals surface area contributed by atoms with Crippen molar-refractivity contribution in [3.05, 3.63) is 185 Å². The summed E-state index contributed by atoms with van der Waals surface area (Å²) in [6.07, 6.45) is 0.988. The maximum absolute atomic E-state index is 3.64. The van der Waals surface area contributed by atoms with Crippen LogP contribution < -0.4 is 4.90 Å². The highest BCUT2D eigenvalue weighted by Gasteiger charge is 2.20. The van der Waals surface area contributed by atoms with Crippen molar-refractivity contribution in [3.8, 4) is 44.5 Å². The Kier molecular flexibility index (Phi) is 7.13. The number of halogens is 1. The number of para-hydroxylation sites is 1. The fourth-order valence-corrected chi connectivity index (χ4v) is 6.94. The van der Waals surface area contributed by atoms with Crippen molar-refractivity contribution in [2.24, 2.45) is 0 Å². The summed E-state index contributed by atoms with van der Waals surface area (Å²) in [4.78, 5) is 2.37. The Balaban J connectivity index is 1.20. The summed E-state index contributed by atoms with van der Waals surface area (Å²) in [5, 5.41) is 0. The molecule has 0 radical (unpaired) electrons. The summed E-state index contributed by atoms with van der Waals surface area (Å²) >= 11 is 3.64. The van der Waals surface area contributed by atoms with Crippen molar-refractivity contribution in [2.45, 2.75) is 6.42 Å². The Hall–Kier alpha value is -5.18. The zero-order valence-corrected chi connectivity index (χ0v) is 26.3. The minimum absolute atomic E-state index is 0.988. The van der Waals surface area contributed by atoms with Crippen molar-refractivity contribution >= 4 is 33.0 Å². The van der Waals surface area contributed by atoms with Crippen LogP contribution in [0.2, 0.25) is 0 Å². The highest BCUT2D eigenvalue weighted by atomic mass is 79.9. The van der Waals surface area contributed by atoms with Gasteiger partial charge >= 0.3 is 0 Å². The van der Waals surface area contributed by atoms with Crippen molar-refractivity contribution in [3.63, 3.8) is 0 Å². The molecule has 1 nitrogen and oxygen atoms in total. The van der Waals surface area contributed by atoms with E-state index in [1.54, 1.807) is 0 Å². The van der Waals surface area contributed by atoms with E-state index in [-0.39, 0.29) is 0 Å². The van der Waals surface area contributed by atoms with Gasteiger partial charge in [-0.1, -0.05) is 137 Å². The largest absolute Gasteiger partial charge is 0.310 e. The molecule has 2 heteroatoms. The first-order valence-corrected chi connectivity index (χ1v) is 16.1. The van der Waals surface area contributed by atoms with Crippen LogP contribution in [-0.4, -0.2) is 0 Å². The van der Waals surface area contributed by atoms with Gasteiger partial charge < -0.3 is 4.90 Å². The van der Waals surface area contributed by atoms with Gasteiger partial charge in [0.25, 0.3) is 0 Å². The zero-order chi connectivity index (χ0) is 30.2. The van der Waals surface area contributed by atoms with E-state index in [0.29, 0.717) is 0 Å². The standard InChI is InChI=1S/C43H30BrN/c44-37-21-26-40-36(28-37)27-35-16-15-34(29-42(35)40)32-19-24-39(25-20-32)45(38-22-17-31(18-23-38)30-9-3-1-4-10-30)43-14-8-7-13-41(43)33-11-5-2-6-12-33/h1-26,28-29H,27H2. The number of rotatable bonds is 6. The first-order valence-electron chi connectivity index (χ1n) is 15.3. The van der Waals surface area contributed by atoms with Gasteiger partial charge in [0, 0.05) is 21.4 Å². The third-order valence-electron chi connectivity index (χ3n) is 8.77. The molecule has 0 fully saturated rings. The van der Waals surface area contributed by atoms with E-state index in [1.807, 2.05) is 0 Å². The third kappa shape index (κ3) is 5.28. The summed E-state index contributed by atoms with van der Waals surface area (Å²) in [7, 11) is 0. The number of nitrogens with zero attached hydrogens (tertiary/aromatic N) is 1. The van der Waals surface area contributed by atoms with Gasteiger partial charge in [0.15, 0.2) is 0 Å². The van der Waals surface area contributed by atoms with Gasteiger partial charge in [0.1, 0.15) is 0 Å². The first-order chi connectivity index (χ1) is 22.2. The maximum atomic E-state index is 3.64. The molecule has 0 unspecified atom stereocenters. The predicted octanol–water partition coefficient (Wildman–Crippen LogP) is 12.5. The van der Waals surface area contributed by atoms with Gasteiger partial charge in [-0.25, -0.2) is 0 Å². The molecule has 0 spiro atoms. The Morgan fingerprint density at radius 3 is 1.62 bits per heavy atom. The molecule has 0 saturated carbocycles. The number of hydrogen-bond donors (Lipinski definition) is 0. The second kappa shape index (κ2) is 11.7. The van der Waals surface area contributed by atoms with E-state index in [0.717, 1.165) is 28.0 Å². The highest BCUT2D eigenvalue weighted by Crippen LogP contribution is 2.43. The summed E-state index contributed by atoms with van der Waals surface area (Å²) < 4.78 is 1.14. The average Bonchev–Trinajstić information content (AvgIpc) is 3.47.